The van der Waals surface area contributed by atoms with E-state index in [0.29, 0.717) is 12.2 Å². The lowest BCUT2D eigenvalue weighted by molar-refractivity contribution is 0.0698. The maximum absolute atomic E-state index is 11.2. The summed E-state index contributed by atoms with van der Waals surface area (Å²) in [5, 5.41) is 12.6. The van der Waals surface area contributed by atoms with Crippen LogP contribution in [0.4, 0.5) is 5.69 Å². The molecule has 0 aliphatic rings. The molecule has 0 spiro atoms. The van der Waals surface area contributed by atoms with E-state index in [1.807, 2.05) is 12.1 Å². The van der Waals surface area contributed by atoms with Gasteiger partial charge >= 0.3 is 5.97 Å². The van der Waals surface area contributed by atoms with Crippen LogP contribution in [-0.4, -0.2) is 11.1 Å². The standard InChI is InChI=1S/C16H16ClNO2/c1-2-11-6-8-12(9-7-11)10-18-14-5-3-4-13(17)15(14)16(19)20/h3-9,18H,2,10H2,1H3,(H,19,20). The molecule has 0 unspecified atom stereocenters. The summed E-state index contributed by atoms with van der Waals surface area (Å²) in [4.78, 5) is 11.2. The van der Waals surface area contributed by atoms with E-state index in [9.17, 15) is 9.90 Å². The van der Waals surface area contributed by atoms with Crippen molar-refractivity contribution in [2.75, 3.05) is 5.32 Å². The van der Waals surface area contributed by atoms with Gasteiger partial charge in [-0.2, -0.15) is 0 Å². The maximum Gasteiger partial charge on any atom is 0.339 e. The molecule has 0 amide bonds. The lowest BCUT2D eigenvalue weighted by atomic mass is 10.1. The highest BCUT2D eigenvalue weighted by Crippen LogP contribution is 2.24. The Morgan fingerprint density at radius 2 is 1.80 bits per heavy atom. The van der Waals surface area contributed by atoms with E-state index >= 15 is 0 Å². The van der Waals surface area contributed by atoms with Crippen LogP contribution in [0.2, 0.25) is 5.02 Å². The van der Waals surface area contributed by atoms with Crippen molar-refractivity contribution in [2.24, 2.45) is 0 Å². The Morgan fingerprint density at radius 3 is 2.40 bits per heavy atom. The van der Waals surface area contributed by atoms with Crippen molar-refractivity contribution in [1.29, 1.82) is 0 Å². The summed E-state index contributed by atoms with van der Waals surface area (Å²) in [5.74, 6) is -1.03. The topological polar surface area (TPSA) is 49.3 Å². The Kier molecular flexibility index (Phi) is 4.64. The third-order valence-corrected chi connectivity index (χ3v) is 3.46. The number of aromatic carboxylic acids is 1. The second-order valence-electron chi connectivity index (χ2n) is 4.49. The molecule has 0 radical (unpaired) electrons. The molecule has 0 atom stereocenters. The van der Waals surface area contributed by atoms with Crippen LogP contribution in [0, 0.1) is 0 Å². The fourth-order valence-electron chi connectivity index (χ4n) is 1.98. The minimum absolute atomic E-state index is 0.111. The highest BCUT2D eigenvalue weighted by Gasteiger charge is 2.13. The highest BCUT2D eigenvalue weighted by atomic mass is 35.5. The van der Waals surface area contributed by atoms with Crippen molar-refractivity contribution >= 4 is 23.3 Å². The molecule has 2 aromatic carbocycles. The SMILES string of the molecule is CCc1ccc(CNc2cccc(Cl)c2C(=O)O)cc1. The van der Waals surface area contributed by atoms with Gasteiger partial charge in [0.1, 0.15) is 5.56 Å². The number of nitrogens with one attached hydrogen (secondary N) is 1. The van der Waals surface area contributed by atoms with Crippen LogP contribution < -0.4 is 5.32 Å². The number of anilines is 1. The minimum atomic E-state index is -1.03. The predicted octanol–water partition coefficient (Wildman–Crippen LogP) is 4.21. The van der Waals surface area contributed by atoms with E-state index in [4.69, 9.17) is 11.6 Å². The van der Waals surface area contributed by atoms with Gasteiger partial charge < -0.3 is 10.4 Å². The Hall–Kier alpha value is -2.00. The third kappa shape index (κ3) is 3.31. The molecule has 0 aromatic heterocycles. The Bertz CT molecular complexity index is 608. The van der Waals surface area contributed by atoms with Crippen LogP contribution in [0.1, 0.15) is 28.4 Å². The second-order valence-corrected chi connectivity index (χ2v) is 4.90. The van der Waals surface area contributed by atoms with Crippen molar-refractivity contribution in [1.82, 2.24) is 0 Å². The number of benzene rings is 2. The summed E-state index contributed by atoms with van der Waals surface area (Å²) in [6, 6.07) is 13.3. The summed E-state index contributed by atoms with van der Waals surface area (Å²) >= 11 is 5.92. The molecule has 4 heteroatoms. The fourth-order valence-corrected chi connectivity index (χ4v) is 2.23. The molecular formula is C16H16ClNO2. The van der Waals surface area contributed by atoms with Gasteiger partial charge in [0.15, 0.2) is 0 Å². The number of carbonyl (C=O) groups is 1. The van der Waals surface area contributed by atoms with Gasteiger partial charge in [-0.25, -0.2) is 4.79 Å². The smallest absolute Gasteiger partial charge is 0.339 e. The molecule has 2 aromatic rings. The summed E-state index contributed by atoms with van der Waals surface area (Å²) < 4.78 is 0. The quantitative estimate of drug-likeness (QED) is 0.867. The van der Waals surface area contributed by atoms with E-state index in [-0.39, 0.29) is 10.6 Å². The molecular weight excluding hydrogens is 274 g/mol. The molecule has 3 nitrogen and oxygen atoms in total. The minimum Gasteiger partial charge on any atom is -0.478 e. The van der Waals surface area contributed by atoms with E-state index in [0.717, 1.165) is 12.0 Å². The normalized spacial score (nSPS) is 10.3. The molecule has 0 fully saturated rings. The first kappa shape index (κ1) is 14.4. The number of halogens is 1. The Labute approximate surface area is 123 Å². The predicted molar refractivity (Wildman–Crippen MR) is 81.6 cm³/mol. The third-order valence-electron chi connectivity index (χ3n) is 3.14. The molecule has 0 saturated heterocycles. The van der Waals surface area contributed by atoms with Crippen molar-refractivity contribution < 1.29 is 9.90 Å². The first-order chi connectivity index (χ1) is 9.61. The maximum atomic E-state index is 11.2. The van der Waals surface area contributed by atoms with E-state index < -0.39 is 5.97 Å². The van der Waals surface area contributed by atoms with Gasteiger partial charge in [-0.1, -0.05) is 48.9 Å². The number of hydrogen-bond donors (Lipinski definition) is 2. The van der Waals surface area contributed by atoms with Crippen LogP contribution >= 0.6 is 11.6 Å². The molecule has 0 heterocycles. The van der Waals surface area contributed by atoms with Gasteiger partial charge in [0.2, 0.25) is 0 Å². The summed E-state index contributed by atoms with van der Waals surface area (Å²) in [6.45, 7) is 2.67. The second kappa shape index (κ2) is 6.44. The zero-order valence-electron chi connectivity index (χ0n) is 11.2. The summed E-state index contributed by atoms with van der Waals surface area (Å²) in [5.41, 5.74) is 3.02. The van der Waals surface area contributed by atoms with Crippen molar-refractivity contribution in [3.05, 3.63) is 64.2 Å². The zero-order chi connectivity index (χ0) is 14.5. The molecule has 20 heavy (non-hydrogen) atoms. The number of carboxylic acid groups (broad SMARTS) is 1. The van der Waals surface area contributed by atoms with Crippen LogP contribution in [-0.2, 0) is 13.0 Å². The van der Waals surface area contributed by atoms with Gasteiger partial charge in [-0.15, -0.1) is 0 Å². The molecule has 2 N–H and O–H groups in total. The number of hydrogen-bond acceptors (Lipinski definition) is 2. The van der Waals surface area contributed by atoms with E-state index in [1.54, 1.807) is 18.2 Å². The van der Waals surface area contributed by atoms with Gasteiger partial charge in [0.25, 0.3) is 0 Å². The molecule has 0 bridgehead atoms. The molecule has 0 aliphatic heterocycles. The van der Waals surface area contributed by atoms with E-state index in [1.165, 1.54) is 5.56 Å². The van der Waals surface area contributed by atoms with Crippen LogP contribution in [0.25, 0.3) is 0 Å². The lowest BCUT2D eigenvalue weighted by Crippen LogP contribution is -2.07. The molecule has 2 rings (SSSR count). The average Bonchev–Trinajstić information content (AvgIpc) is 2.45. The van der Waals surface area contributed by atoms with E-state index in [2.05, 4.69) is 24.4 Å². The fraction of sp³-hybridized carbons (Fsp3) is 0.188. The number of carboxylic acids is 1. The van der Waals surface area contributed by atoms with Gasteiger partial charge in [0, 0.05) is 6.54 Å². The number of rotatable bonds is 5. The first-order valence-corrected chi connectivity index (χ1v) is 6.83. The van der Waals surface area contributed by atoms with Gasteiger partial charge in [-0.05, 0) is 29.7 Å². The molecule has 0 saturated carbocycles. The van der Waals surface area contributed by atoms with Crippen LogP contribution in [0.3, 0.4) is 0 Å². The Morgan fingerprint density at radius 1 is 1.15 bits per heavy atom. The van der Waals surface area contributed by atoms with Crippen molar-refractivity contribution in [2.45, 2.75) is 19.9 Å². The van der Waals surface area contributed by atoms with Gasteiger partial charge in [0.05, 0.1) is 10.7 Å². The Balaban J connectivity index is 2.14. The first-order valence-electron chi connectivity index (χ1n) is 6.45. The summed E-state index contributed by atoms with van der Waals surface area (Å²) in [6.07, 6.45) is 1.01. The average molecular weight is 290 g/mol. The lowest BCUT2D eigenvalue weighted by Gasteiger charge is -2.11. The molecule has 0 aliphatic carbocycles. The largest absolute Gasteiger partial charge is 0.478 e. The van der Waals surface area contributed by atoms with Crippen LogP contribution in [0.5, 0.6) is 0 Å². The van der Waals surface area contributed by atoms with Crippen molar-refractivity contribution in [3.63, 3.8) is 0 Å². The zero-order valence-corrected chi connectivity index (χ0v) is 11.9. The van der Waals surface area contributed by atoms with Crippen LogP contribution in [0.15, 0.2) is 42.5 Å². The molecule has 104 valence electrons. The van der Waals surface area contributed by atoms with Gasteiger partial charge in [-0.3, -0.25) is 0 Å². The number of aryl methyl sites for hydroxylation is 1. The van der Waals surface area contributed by atoms with Crippen molar-refractivity contribution in [3.8, 4) is 0 Å². The highest BCUT2D eigenvalue weighted by molar-refractivity contribution is 6.34. The summed E-state index contributed by atoms with van der Waals surface area (Å²) in [7, 11) is 0. The monoisotopic (exact) mass is 289 g/mol.